The molecule has 0 aliphatic carbocycles. The highest BCUT2D eigenvalue weighted by Crippen LogP contribution is 2.21. The first-order valence-electron chi connectivity index (χ1n) is 10.4. The van der Waals surface area contributed by atoms with E-state index in [-0.39, 0.29) is 12.3 Å². The van der Waals surface area contributed by atoms with Crippen LogP contribution in [0.3, 0.4) is 0 Å². The number of benzene rings is 2. The van der Waals surface area contributed by atoms with Gasteiger partial charge in [0.2, 0.25) is 0 Å². The van der Waals surface area contributed by atoms with E-state index in [1.54, 1.807) is 23.2 Å². The number of nitrogens with zero attached hydrogens (tertiary/aromatic N) is 2. The molecule has 30 heavy (non-hydrogen) atoms. The van der Waals surface area contributed by atoms with E-state index in [0.29, 0.717) is 11.9 Å². The summed E-state index contributed by atoms with van der Waals surface area (Å²) in [5, 5.41) is 14.0. The molecule has 2 heterocycles. The van der Waals surface area contributed by atoms with Crippen LogP contribution in [0.2, 0.25) is 0 Å². The second-order valence-electron chi connectivity index (χ2n) is 7.89. The first kappa shape index (κ1) is 20.7. The number of fused-ring (bicyclic) bond motifs is 1. The van der Waals surface area contributed by atoms with E-state index < -0.39 is 6.10 Å². The van der Waals surface area contributed by atoms with Gasteiger partial charge < -0.3 is 19.9 Å². The Morgan fingerprint density at radius 2 is 1.93 bits per heavy atom. The number of hydrogen-bond acceptors (Lipinski definition) is 5. The molecule has 0 amide bonds. The van der Waals surface area contributed by atoms with Crippen molar-refractivity contribution in [3.63, 3.8) is 0 Å². The van der Waals surface area contributed by atoms with Crippen molar-refractivity contribution in [1.29, 1.82) is 0 Å². The average Bonchev–Trinajstić information content (AvgIpc) is 3.36. The fourth-order valence-electron chi connectivity index (χ4n) is 3.89. The summed E-state index contributed by atoms with van der Waals surface area (Å²) < 4.78 is 14.6. The van der Waals surface area contributed by atoms with Crippen LogP contribution >= 0.6 is 0 Å². The first-order valence-corrected chi connectivity index (χ1v) is 10.4. The third kappa shape index (κ3) is 4.43. The van der Waals surface area contributed by atoms with E-state index in [1.807, 2.05) is 42.5 Å². The summed E-state index contributed by atoms with van der Waals surface area (Å²) >= 11 is 0. The van der Waals surface area contributed by atoms with Gasteiger partial charge >= 0.3 is 5.69 Å². The number of aliphatic hydroxyl groups is 1. The van der Waals surface area contributed by atoms with E-state index >= 15 is 0 Å². The molecule has 0 bridgehead atoms. The van der Waals surface area contributed by atoms with E-state index in [0.717, 1.165) is 49.1 Å². The van der Waals surface area contributed by atoms with Gasteiger partial charge in [0.05, 0.1) is 17.1 Å². The molecule has 4 rings (SSSR count). The number of hydrogen-bond donors (Lipinski definition) is 2. The van der Waals surface area contributed by atoms with Crippen molar-refractivity contribution in [3.05, 3.63) is 64.1 Å². The summed E-state index contributed by atoms with van der Waals surface area (Å²) in [4.78, 5) is 12.1. The summed E-state index contributed by atoms with van der Waals surface area (Å²) in [7, 11) is 3.47. The molecular weight excluding hydrogens is 382 g/mol. The highest BCUT2D eigenvalue weighted by molar-refractivity contribution is 5.76. The van der Waals surface area contributed by atoms with Crippen molar-refractivity contribution in [2.45, 2.75) is 31.6 Å². The van der Waals surface area contributed by atoms with Gasteiger partial charge in [-0.25, -0.2) is 4.79 Å². The second kappa shape index (κ2) is 9.04. The Labute approximate surface area is 175 Å². The molecule has 1 fully saturated rings. The molecule has 160 valence electrons. The molecule has 2 aromatic carbocycles. The van der Waals surface area contributed by atoms with Gasteiger partial charge in [0.25, 0.3) is 0 Å². The van der Waals surface area contributed by atoms with E-state index in [4.69, 9.17) is 9.47 Å². The number of aryl methyl sites for hydroxylation is 2. The van der Waals surface area contributed by atoms with Crippen molar-refractivity contribution in [2.75, 3.05) is 19.8 Å². The largest absolute Gasteiger partial charge is 0.491 e. The van der Waals surface area contributed by atoms with E-state index in [9.17, 15) is 9.90 Å². The van der Waals surface area contributed by atoms with Gasteiger partial charge in [-0.15, -0.1) is 0 Å². The Morgan fingerprint density at radius 1 is 1.17 bits per heavy atom. The predicted octanol–water partition coefficient (Wildman–Crippen LogP) is 2.26. The van der Waals surface area contributed by atoms with Gasteiger partial charge in [0.15, 0.2) is 0 Å². The zero-order chi connectivity index (χ0) is 21.1. The maximum Gasteiger partial charge on any atom is 0.328 e. The lowest BCUT2D eigenvalue weighted by atomic mass is 10.1. The van der Waals surface area contributed by atoms with Crippen molar-refractivity contribution < 1.29 is 14.6 Å². The molecule has 1 aliphatic heterocycles. The molecule has 7 nitrogen and oxygen atoms in total. The zero-order valence-electron chi connectivity index (χ0n) is 17.5. The molecule has 1 saturated heterocycles. The second-order valence-corrected chi connectivity index (χ2v) is 7.89. The third-order valence-electron chi connectivity index (χ3n) is 5.74. The van der Waals surface area contributed by atoms with E-state index in [2.05, 4.69) is 5.32 Å². The van der Waals surface area contributed by atoms with Gasteiger partial charge in [-0.2, -0.15) is 0 Å². The molecule has 3 aromatic rings. The monoisotopic (exact) mass is 411 g/mol. The van der Waals surface area contributed by atoms with Crippen LogP contribution in [0.5, 0.6) is 5.75 Å². The molecule has 1 aromatic heterocycles. The van der Waals surface area contributed by atoms with Crippen molar-refractivity contribution >= 4 is 11.0 Å². The molecule has 7 heteroatoms. The lowest BCUT2D eigenvalue weighted by Crippen LogP contribution is -2.25. The summed E-state index contributed by atoms with van der Waals surface area (Å²) in [6, 6.07) is 13.4. The van der Waals surface area contributed by atoms with Crippen LogP contribution in [-0.2, 0) is 25.4 Å². The number of aliphatic hydroxyl groups excluding tert-OH is 1. The minimum absolute atomic E-state index is 0.0850. The van der Waals surface area contributed by atoms with Crippen LogP contribution in [0.4, 0.5) is 0 Å². The lowest BCUT2D eigenvalue weighted by molar-refractivity contribution is 0.108. The van der Waals surface area contributed by atoms with Gasteiger partial charge in [0, 0.05) is 33.8 Å². The highest BCUT2D eigenvalue weighted by Gasteiger charge is 2.15. The van der Waals surface area contributed by atoms with Crippen LogP contribution in [0.1, 0.15) is 30.1 Å². The van der Waals surface area contributed by atoms with Crippen LogP contribution in [0.25, 0.3) is 11.0 Å². The standard InChI is InChI=1S/C23H29N3O4/c1-25-20-10-7-17(12-21(20)26(2)23(25)28)22(27)15-30-18-8-5-16(6-9-18)13-24-14-19-4-3-11-29-19/h5-10,12,19,22,24,27H,3-4,11,13-15H2,1-2H3. The summed E-state index contributed by atoms with van der Waals surface area (Å²) in [5.74, 6) is 0.713. The minimum Gasteiger partial charge on any atom is -0.491 e. The Hall–Kier alpha value is -2.61. The zero-order valence-corrected chi connectivity index (χ0v) is 17.5. The number of ether oxygens (including phenoxy) is 2. The molecule has 2 unspecified atom stereocenters. The van der Waals surface area contributed by atoms with Gasteiger partial charge in [-0.05, 0) is 48.2 Å². The maximum absolute atomic E-state index is 12.1. The Bertz CT molecular complexity index is 1050. The number of aromatic nitrogens is 2. The molecule has 2 atom stereocenters. The van der Waals surface area contributed by atoms with Crippen molar-refractivity contribution in [3.8, 4) is 5.75 Å². The molecule has 0 saturated carbocycles. The minimum atomic E-state index is -0.780. The van der Waals surface area contributed by atoms with Crippen LogP contribution in [0.15, 0.2) is 47.3 Å². The average molecular weight is 412 g/mol. The molecule has 1 aliphatic rings. The van der Waals surface area contributed by atoms with Crippen LogP contribution in [0, 0.1) is 0 Å². The topological polar surface area (TPSA) is 77.7 Å². The molecule has 2 N–H and O–H groups in total. The Balaban J connectivity index is 1.31. The Morgan fingerprint density at radius 3 is 2.67 bits per heavy atom. The van der Waals surface area contributed by atoms with Crippen LogP contribution < -0.4 is 15.7 Å². The maximum atomic E-state index is 12.1. The number of imidazole rings is 1. The molecule has 0 spiro atoms. The SMILES string of the molecule is Cn1c(=O)n(C)c2cc(C(O)COc3ccc(CNCC4CCCO4)cc3)ccc21. The van der Waals surface area contributed by atoms with Gasteiger partial charge in [0.1, 0.15) is 18.5 Å². The van der Waals surface area contributed by atoms with Gasteiger partial charge in [-0.1, -0.05) is 18.2 Å². The third-order valence-corrected chi connectivity index (χ3v) is 5.74. The lowest BCUT2D eigenvalue weighted by Gasteiger charge is -2.14. The fourth-order valence-corrected chi connectivity index (χ4v) is 3.89. The Kier molecular flexibility index (Phi) is 6.22. The highest BCUT2D eigenvalue weighted by atomic mass is 16.5. The predicted molar refractivity (Wildman–Crippen MR) is 116 cm³/mol. The number of rotatable bonds is 8. The van der Waals surface area contributed by atoms with Gasteiger partial charge in [-0.3, -0.25) is 9.13 Å². The number of nitrogens with one attached hydrogen (secondary N) is 1. The van der Waals surface area contributed by atoms with E-state index in [1.165, 1.54) is 5.56 Å². The summed E-state index contributed by atoms with van der Waals surface area (Å²) in [5.41, 5.74) is 3.44. The van der Waals surface area contributed by atoms with Crippen molar-refractivity contribution in [1.82, 2.24) is 14.5 Å². The fraction of sp³-hybridized carbons (Fsp3) is 0.435. The van der Waals surface area contributed by atoms with Crippen LogP contribution in [-0.4, -0.2) is 40.1 Å². The smallest absolute Gasteiger partial charge is 0.328 e. The molecular formula is C23H29N3O4. The normalized spacial score (nSPS) is 17.5. The quantitative estimate of drug-likeness (QED) is 0.595. The summed E-state index contributed by atoms with van der Waals surface area (Å²) in [6.07, 6.45) is 1.85. The van der Waals surface area contributed by atoms with Crippen molar-refractivity contribution in [2.24, 2.45) is 14.1 Å². The molecule has 0 radical (unpaired) electrons. The first-order chi connectivity index (χ1) is 14.5. The summed E-state index contributed by atoms with van der Waals surface area (Å²) in [6.45, 7) is 2.69.